The highest BCUT2D eigenvalue weighted by atomic mass is 127. The minimum Gasteiger partial charge on any atom is -0.507 e. The molecule has 0 aliphatic carbocycles. The number of hydrogen-bond donors (Lipinski definition) is 1. The number of nitrogens with zero attached hydrogens (tertiary/aromatic N) is 2. The van der Waals surface area contributed by atoms with E-state index in [2.05, 4.69) is 34.5 Å². The number of rotatable bonds is 9. The van der Waals surface area contributed by atoms with Crippen molar-refractivity contribution in [3.8, 4) is 11.5 Å². The summed E-state index contributed by atoms with van der Waals surface area (Å²) >= 11 is 3.51. The lowest BCUT2D eigenvalue weighted by Gasteiger charge is -2.23. The van der Waals surface area contributed by atoms with E-state index in [0.29, 0.717) is 46.5 Å². The Morgan fingerprint density at radius 2 is 1.79 bits per heavy atom. The van der Waals surface area contributed by atoms with Crippen molar-refractivity contribution in [3.63, 3.8) is 0 Å². The van der Waals surface area contributed by atoms with Gasteiger partial charge in [0.2, 0.25) is 0 Å². The molecule has 1 unspecified atom stereocenters. The summed E-state index contributed by atoms with van der Waals surface area (Å²) in [6, 6.07) is 19.2. The van der Waals surface area contributed by atoms with Crippen LogP contribution in [0.2, 0.25) is 0 Å². The van der Waals surface area contributed by atoms with Crippen LogP contribution in [0.3, 0.4) is 0 Å². The molecule has 0 spiro atoms. The van der Waals surface area contributed by atoms with Crippen LogP contribution in [0, 0.1) is 3.57 Å². The number of unbranched alkanes of at least 4 members (excludes halogenated alkanes) is 1. The van der Waals surface area contributed by atoms with Crippen LogP contribution in [0.4, 0.5) is 5.13 Å². The molecule has 5 rings (SSSR count). The maximum Gasteiger partial charge on any atom is 0.301 e. The predicted molar refractivity (Wildman–Crippen MR) is 162 cm³/mol. The Labute approximate surface area is 244 Å². The SMILES string of the molecule is CCCCOc1cccc(C(O)=C2C(=O)C(=O)N(c3nc4ccc(OCC)cc4s3)C2c2ccc(I)cc2)c1. The van der Waals surface area contributed by atoms with Crippen LogP contribution < -0.4 is 14.4 Å². The zero-order chi connectivity index (χ0) is 27.5. The van der Waals surface area contributed by atoms with Gasteiger partial charge in [0.05, 0.1) is 35.0 Å². The van der Waals surface area contributed by atoms with Crippen LogP contribution in [-0.4, -0.2) is 35.0 Å². The number of thiazole rings is 1. The smallest absolute Gasteiger partial charge is 0.301 e. The van der Waals surface area contributed by atoms with Gasteiger partial charge in [0.15, 0.2) is 5.13 Å². The molecule has 3 aromatic carbocycles. The lowest BCUT2D eigenvalue weighted by atomic mass is 9.95. The first-order chi connectivity index (χ1) is 18.9. The van der Waals surface area contributed by atoms with E-state index in [1.54, 1.807) is 24.3 Å². The monoisotopic (exact) mass is 654 g/mol. The van der Waals surface area contributed by atoms with Gasteiger partial charge < -0.3 is 14.6 Å². The Hall–Kier alpha value is -3.44. The first-order valence-corrected chi connectivity index (χ1v) is 14.6. The zero-order valence-electron chi connectivity index (χ0n) is 21.5. The largest absolute Gasteiger partial charge is 0.507 e. The average molecular weight is 655 g/mol. The molecular weight excluding hydrogens is 627 g/mol. The molecule has 1 fully saturated rings. The van der Waals surface area contributed by atoms with E-state index >= 15 is 0 Å². The number of carbonyl (C=O) groups excluding carboxylic acids is 2. The third-order valence-electron chi connectivity index (χ3n) is 6.37. The number of fused-ring (bicyclic) bond motifs is 1. The van der Waals surface area contributed by atoms with Crippen molar-refractivity contribution in [2.24, 2.45) is 0 Å². The van der Waals surface area contributed by atoms with Gasteiger partial charge in [-0.05, 0) is 84.0 Å². The van der Waals surface area contributed by atoms with Crippen LogP contribution >= 0.6 is 33.9 Å². The predicted octanol–water partition coefficient (Wildman–Crippen LogP) is 7.10. The summed E-state index contributed by atoms with van der Waals surface area (Å²) in [7, 11) is 0. The first kappa shape index (κ1) is 27.1. The number of Topliss-reactive ketones (excluding diaryl/α,β-unsaturated/α-hetero) is 1. The molecule has 39 heavy (non-hydrogen) atoms. The summed E-state index contributed by atoms with van der Waals surface area (Å²) < 4.78 is 13.3. The van der Waals surface area contributed by atoms with Crippen LogP contribution in [0.1, 0.15) is 43.9 Å². The topological polar surface area (TPSA) is 89.0 Å². The van der Waals surface area contributed by atoms with Crippen molar-refractivity contribution in [1.82, 2.24) is 4.98 Å². The fourth-order valence-electron chi connectivity index (χ4n) is 4.47. The molecular formula is C30H27IN2O5S. The van der Waals surface area contributed by atoms with Crippen molar-refractivity contribution in [1.29, 1.82) is 0 Å². The molecule has 1 atom stereocenters. The molecule has 1 amide bonds. The molecule has 1 aromatic heterocycles. The molecule has 200 valence electrons. The number of aromatic nitrogens is 1. The van der Waals surface area contributed by atoms with Crippen molar-refractivity contribution >= 4 is 66.7 Å². The van der Waals surface area contributed by atoms with Crippen LogP contribution in [0.15, 0.2) is 72.3 Å². The summed E-state index contributed by atoms with van der Waals surface area (Å²) in [5.74, 6) is -0.455. The molecule has 9 heteroatoms. The van der Waals surface area contributed by atoms with E-state index in [1.165, 1.54) is 16.2 Å². The van der Waals surface area contributed by atoms with Gasteiger partial charge in [0.1, 0.15) is 17.3 Å². The van der Waals surface area contributed by atoms with Crippen molar-refractivity contribution in [2.45, 2.75) is 32.7 Å². The Morgan fingerprint density at radius 3 is 2.54 bits per heavy atom. The van der Waals surface area contributed by atoms with E-state index in [-0.39, 0.29) is 11.3 Å². The van der Waals surface area contributed by atoms with Gasteiger partial charge in [0, 0.05) is 9.13 Å². The van der Waals surface area contributed by atoms with Crippen LogP contribution in [-0.2, 0) is 9.59 Å². The minimum absolute atomic E-state index is 0.0150. The molecule has 1 N–H and O–H groups in total. The lowest BCUT2D eigenvalue weighted by molar-refractivity contribution is -0.132. The highest BCUT2D eigenvalue weighted by Crippen LogP contribution is 2.45. The van der Waals surface area contributed by atoms with Gasteiger partial charge in [-0.25, -0.2) is 4.98 Å². The number of aliphatic hydroxyl groups is 1. The number of anilines is 1. The highest BCUT2D eigenvalue weighted by Gasteiger charge is 2.48. The number of amides is 1. The average Bonchev–Trinajstić information content (AvgIpc) is 3.47. The van der Waals surface area contributed by atoms with E-state index in [4.69, 9.17) is 9.47 Å². The second kappa shape index (κ2) is 11.7. The van der Waals surface area contributed by atoms with Gasteiger partial charge in [-0.1, -0.05) is 48.9 Å². The quantitative estimate of drug-likeness (QED) is 0.0681. The van der Waals surface area contributed by atoms with Crippen LogP contribution in [0.5, 0.6) is 11.5 Å². The fraction of sp³-hybridized carbons (Fsp3) is 0.233. The molecule has 0 bridgehead atoms. The Balaban J connectivity index is 1.62. The molecule has 1 aliphatic rings. The molecule has 1 saturated heterocycles. The first-order valence-electron chi connectivity index (χ1n) is 12.7. The third kappa shape index (κ3) is 5.51. The maximum absolute atomic E-state index is 13.5. The molecule has 0 radical (unpaired) electrons. The molecule has 0 saturated carbocycles. The van der Waals surface area contributed by atoms with Crippen molar-refractivity contribution in [3.05, 3.63) is 87.0 Å². The summed E-state index contributed by atoms with van der Waals surface area (Å²) in [6.07, 6.45) is 1.90. The molecule has 4 aromatic rings. The lowest BCUT2D eigenvalue weighted by Crippen LogP contribution is -2.29. The van der Waals surface area contributed by atoms with Crippen molar-refractivity contribution < 1.29 is 24.2 Å². The molecule has 2 heterocycles. The summed E-state index contributed by atoms with van der Waals surface area (Å²) in [6.45, 7) is 5.08. The maximum atomic E-state index is 13.5. The highest BCUT2D eigenvalue weighted by molar-refractivity contribution is 14.1. The third-order valence-corrected chi connectivity index (χ3v) is 8.11. The fourth-order valence-corrected chi connectivity index (χ4v) is 5.85. The number of ether oxygens (including phenoxy) is 2. The van der Waals surface area contributed by atoms with Gasteiger partial charge >= 0.3 is 5.91 Å². The molecule has 7 nitrogen and oxygen atoms in total. The summed E-state index contributed by atoms with van der Waals surface area (Å²) in [5, 5.41) is 11.9. The second-order valence-electron chi connectivity index (χ2n) is 9.01. The standard InChI is InChI=1S/C30H27IN2O5S/c1-3-5-15-38-21-8-6-7-19(16-21)27(34)25-26(18-9-11-20(31)12-10-18)33(29(36)28(25)35)30-32-23-14-13-22(37-4-2)17-24(23)39-30/h6-14,16-17,26,34H,3-5,15H2,1-2H3. The number of hydrogen-bond acceptors (Lipinski definition) is 7. The summed E-state index contributed by atoms with van der Waals surface area (Å²) in [5.41, 5.74) is 1.81. The van der Waals surface area contributed by atoms with E-state index < -0.39 is 17.7 Å². The van der Waals surface area contributed by atoms with Gasteiger partial charge in [0.25, 0.3) is 5.78 Å². The number of halogens is 1. The number of aliphatic hydroxyl groups excluding tert-OH is 1. The van der Waals surface area contributed by atoms with Gasteiger partial charge in [-0.2, -0.15) is 0 Å². The van der Waals surface area contributed by atoms with Gasteiger partial charge in [-0.15, -0.1) is 0 Å². The van der Waals surface area contributed by atoms with E-state index in [0.717, 1.165) is 21.1 Å². The second-order valence-corrected chi connectivity index (χ2v) is 11.3. The van der Waals surface area contributed by atoms with E-state index in [9.17, 15) is 14.7 Å². The number of carbonyl (C=O) groups is 2. The Kier molecular flexibility index (Phi) is 8.18. The van der Waals surface area contributed by atoms with Crippen LogP contribution in [0.25, 0.3) is 16.0 Å². The molecule has 1 aliphatic heterocycles. The number of ketones is 1. The Morgan fingerprint density at radius 1 is 1.03 bits per heavy atom. The van der Waals surface area contributed by atoms with Gasteiger partial charge in [-0.3, -0.25) is 14.5 Å². The minimum atomic E-state index is -0.849. The summed E-state index contributed by atoms with van der Waals surface area (Å²) in [4.78, 5) is 33.1. The Bertz CT molecular complexity index is 1560. The van der Waals surface area contributed by atoms with Crippen molar-refractivity contribution in [2.75, 3.05) is 18.1 Å². The normalized spacial score (nSPS) is 16.7. The van der Waals surface area contributed by atoms with E-state index in [1.807, 2.05) is 49.4 Å². The number of benzene rings is 3. The zero-order valence-corrected chi connectivity index (χ0v) is 24.5.